The van der Waals surface area contributed by atoms with E-state index in [2.05, 4.69) is 0 Å². The molecule has 0 amide bonds. The van der Waals surface area contributed by atoms with E-state index in [0.29, 0.717) is 18.1 Å². The molecule has 3 aliphatic rings. The zero-order valence-corrected chi connectivity index (χ0v) is 9.10. The maximum atomic E-state index is 9.55. The highest BCUT2D eigenvalue weighted by atomic mass is 16.6. The van der Waals surface area contributed by atoms with Crippen molar-refractivity contribution in [3.63, 3.8) is 0 Å². The summed E-state index contributed by atoms with van der Waals surface area (Å²) in [6.07, 6.45) is 8.02. The molecule has 5 atom stereocenters. The van der Waals surface area contributed by atoms with Crippen molar-refractivity contribution in [1.82, 2.24) is 0 Å². The van der Waals surface area contributed by atoms with Crippen molar-refractivity contribution in [3.8, 4) is 0 Å². The SMILES string of the molecule is OC1CCC(CCCC2CCO2)C2OC12. The van der Waals surface area contributed by atoms with Crippen molar-refractivity contribution in [2.45, 2.75) is 62.9 Å². The van der Waals surface area contributed by atoms with Gasteiger partial charge in [0.05, 0.1) is 18.3 Å². The van der Waals surface area contributed by atoms with Crippen LogP contribution in [0.1, 0.15) is 38.5 Å². The van der Waals surface area contributed by atoms with Crippen molar-refractivity contribution in [3.05, 3.63) is 0 Å². The summed E-state index contributed by atoms with van der Waals surface area (Å²) >= 11 is 0. The van der Waals surface area contributed by atoms with E-state index in [1.54, 1.807) is 0 Å². The summed E-state index contributed by atoms with van der Waals surface area (Å²) in [6, 6.07) is 0. The van der Waals surface area contributed by atoms with Crippen LogP contribution >= 0.6 is 0 Å². The standard InChI is InChI=1S/C12H20O3/c13-10-5-4-8(11-12(10)15-11)2-1-3-9-6-7-14-9/h8-13H,1-7H2. The summed E-state index contributed by atoms with van der Waals surface area (Å²) in [6.45, 7) is 0.966. The van der Waals surface area contributed by atoms with Gasteiger partial charge in [0.25, 0.3) is 0 Å². The van der Waals surface area contributed by atoms with Gasteiger partial charge in [-0.2, -0.15) is 0 Å². The minimum absolute atomic E-state index is 0.179. The molecule has 2 heterocycles. The predicted molar refractivity (Wildman–Crippen MR) is 55.6 cm³/mol. The maximum absolute atomic E-state index is 9.55. The summed E-state index contributed by atoms with van der Waals surface area (Å²) in [5.41, 5.74) is 0. The van der Waals surface area contributed by atoms with E-state index >= 15 is 0 Å². The first-order valence-electron chi connectivity index (χ1n) is 6.30. The quantitative estimate of drug-likeness (QED) is 0.718. The van der Waals surface area contributed by atoms with Gasteiger partial charge in [-0.05, 0) is 38.0 Å². The molecule has 1 N–H and O–H groups in total. The number of hydrogen-bond acceptors (Lipinski definition) is 3. The van der Waals surface area contributed by atoms with Crippen molar-refractivity contribution >= 4 is 0 Å². The molecule has 3 fully saturated rings. The highest BCUT2D eigenvalue weighted by Crippen LogP contribution is 2.43. The lowest BCUT2D eigenvalue weighted by molar-refractivity contribution is -0.0562. The number of rotatable bonds is 4. The van der Waals surface area contributed by atoms with Crippen LogP contribution in [0.5, 0.6) is 0 Å². The molecule has 15 heavy (non-hydrogen) atoms. The molecule has 3 rings (SSSR count). The van der Waals surface area contributed by atoms with Crippen LogP contribution in [0.3, 0.4) is 0 Å². The molecule has 5 unspecified atom stereocenters. The van der Waals surface area contributed by atoms with Crippen LogP contribution in [0, 0.1) is 5.92 Å². The Bertz CT molecular complexity index is 227. The fourth-order valence-corrected chi connectivity index (χ4v) is 2.97. The lowest BCUT2D eigenvalue weighted by atomic mass is 9.84. The molecule has 0 aromatic heterocycles. The summed E-state index contributed by atoms with van der Waals surface area (Å²) in [7, 11) is 0. The molecule has 1 aliphatic carbocycles. The van der Waals surface area contributed by atoms with E-state index in [9.17, 15) is 5.11 Å². The Morgan fingerprint density at radius 2 is 1.93 bits per heavy atom. The number of fused-ring (bicyclic) bond motifs is 1. The summed E-state index contributed by atoms with van der Waals surface area (Å²) in [4.78, 5) is 0. The fraction of sp³-hybridized carbons (Fsp3) is 1.00. The summed E-state index contributed by atoms with van der Waals surface area (Å²) in [5, 5.41) is 9.55. The van der Waals surface area contributed by atoms with Gasteiger partial charge in [-0.25, -0.2) is 0 Å². The van der Waals surface area contributed by atoms with Crippen molar-refractivity contribution in [2.24, 2.45) is 5.92 Å². The lowest BCUT2D eigenvalue weighted by Gasteiger charge is -2.27. The minimum Gasteiger partial charge on any atom is -0.390 e. The third kappa shape index (κ3) is 2.05. The van der Waals surface area contributed by atoms with E-state index in [1.807, 2.05) is 0 Å². The summed E-state index contributed by atoms with van der Waals surface area (Å²) in [5.74, 6) is 0.707. The largest absolute Gasteiger partial charge is 0.390 e. The molecular formula is C12H20O3. The van der Waals surface area contributed by atoms with Gasteiger partial charge in [-0.3, -0.25) is 0 Å². The molecular weight excluding hydrogens is 192 g/mol. The van der Waals surface area contributed by atoms with Crippen LogP contribution in [0.15, 0.2) is 0 Å². The van der Waals surface area contributed by atoms with Crippen molar-refractivity contribution < 1.29 is 14.6 Å². The van der Waals surface area contributed by atoms with E-state index in [1.165, 1.54) is 25.7 Å². The Morgan fingerprint density at radius 1 is 1.07 bits per heavy atom. The highest BCUT2D eigenvalue weighted by Gasteiger charge is 2.51. The van der Waals surface area contributed by atoms with Crippen LogP contribution in [-0.2, 0) is 9.47 Å². The van der Waals surface area contributed by atoms with E-state index < -0.39 is 0 Å². The van der Waals surface area contributed by atoms with Crippen LogP contribution in [0.25, 0.3) is 0 Å². The second-order valence-electron chi connectivity index (χ2n) is 5.18. The molecule has 2 saturated heterocycles. The smallest absolute Gasteiger partial charge is 0.110 e. The number of aliphatic hydroxyl groups excluding tert-OH is 1. The third-order valence-electron chi connectivity index (χ3n) is 4.13. The minimum atomic E-state index is -0.179. The topological polar surface area (TPSA) is 42.0 Å². The Hall–Kier alpha value is -0.120. The maximum Gasteiger partial charge on any atom is 0.110 e. The first kappa shape index (κ1) is 10.1. The van der Waals surface area contributed by atoms with Gasteiger partial charge < -0.3 is 14.6 Å². The summed E-state index contributed by atoms with van der Waals surface area (Å²) < 4.78 is 10.9. The Balaban J connectivity index is 1.37. The molecule has 2 aliphatic heterocycles. The number of epoxide rings is 1. The van der Waals surface area contributed by atoms with E-state index in [4.69, 9.17) is 9.47 Å². The van der Waals surface area contributed by atoms with E-state index in [-0.39, 0.29) is 12.2 Å². The van der Waals surface area contributed by atoms with Gasteiger partial charge >= 0.3 is 0 Å². The highest BCUT2D eigenvalue weighted by molar-refractivity contribution is 4.99. The van der Waals surface area contributed by atoms with Crippen LogP contribution in [0.2, 0.25) is 0 Å². The van der Waals surface area contributed by atoms with Crippen LogP contribution < -0.4 is 0 Å². The Labute approximate surface area is 90.8 Å². The van der Waals surface area contributed by atoms with Crippen LogP contribution in [-0.4, -0.2) is 36.1 Å². The predicted octanol–water partition coefficient (Wildman–Crippen LogP) is 1.48. The van der Waals surface area contributed by atoms with Crippen molar-refractivity contribution in [1.29, 1.82) is 0 Å². The van der Waals surface area contributed by atoms with Crippen LogP contribution in [0.4, 0.5) is 0 Å². The molecule has 0 radical (unpaired) electrons. The molecule has 3 nitrogen and oxygen atoms in total. The first-order chi connectivity index (χ1) is 7.34. The zero-order chi connectivity index (χ0) is 10.3. The fourth-order valence-electron chi connectivity index (χ4n) is 2.97. The van der Waals surface area contributed by atoms with Gasteiger partial charge in [0.15, 0.2) is 0 Å². The molecule has 0 spiro atoms. The molecule has 1 saturated carbocycles. The average molecular weight is 212 g/mol. The number of hydrogen-bond donors (Lipinski definition) is 1. The van der Waals surface area contributed by atoms with Gasteiger partial charge in [-0.1, -0.05) is 6.42 Å². The van der Waals surface area contributed by atoms with E-state index in [0.717, 1.165) is 19.4 Å². The average Bonchev–Trinajstić information content (AvgIpc) is 2.93. The van der Waals surface area contributed by atoms with Gasteiger partial charge in [0, 0.05) is 6.61 Å². The Morgan fingerprint density at radius 3 is 2.67 bits per heavy atom. The monoisotopic (exact) mass is 212 g/mol. The molecule has 0 bridgehead atoms. The molecule has 0 aromatic rings. The van der Waals surface area contributed by atoms with Gasteiger partial charge in [0.2, 0.25) is 0 Å². The second-order valence-corrected chi connectivity index (χ2v) is 5.18. The molecule has 0 aromatic carbocycles. The molecule has 86 valence electrons. The normalized spacial score (nSPS) is 48.2. The first-order valence-corrected chi connectivity index (χ1v) is 6.30. The van der Waals surface area contributed by atoms with Gasteiger partial charge in [-0.15, -0.1) is 0 Å². The Kier molecular flexibility index (Phi) is 2.71. The zero-order valence-electron chi connectivity index (χ0n) is 9.10. The number of ether oxygens (including phenoxy) is 2. The van der Waals surface area contributed by atoms with Gasteiger partial charge in [0.1, 0.15) is 6.10 Å². The number of aliphatic hydroxyl groups is 1. The lowest BCUT2D eigenvalue weighted by Crippen LogP contribution is -2.29. The third-order valence-corrected chi connectivity index (χ3v) is 4.13. The second kappa shape index (κ2) is 4.04. The molecule has 3 heteroatoms. The van der Waals surface area contributed by atoms with Crippen molar-refractivity contribution in [2.75, 3.05) is 6.61 Å².